The second-order valence-electron chi connectivity index (χ2n) is 5.15. The van der Waals surface area contributed by atoms with Crippen molar-refractivity contribution in [2.24, 2.45) is 5.92 Å². The fraction of sp³-hybridized carbons (Fsp3) is 0.692. The van der Waals surface area contributed by atoms with E-state index in [-0.39, 0.29) is 17.3 Å². The van der Waals surface area contributed by atoms with E-state index in [4.69, 9.17) is 9.47 Å². The zero-order valence-electron chi connectivity index (χ0n) is 10.6. The van der Waals surface area contributed by atoms with E-state index in [2.05, 4.69) is 0 Å². The first-order valence-electron chi connectivity index (χ1n) is 6.30. The highest BCUT2D eigenvalue weighted by Gasteiger charge is 2.41. The first-order valence-corrected chi connectivity index (χ1v) is 6.30. The van der Waals surface area contributed by atoms with E-state index >= 15 is 0 Å². The lowest BCUT2D eigenvalue weighted by Crippen LogP contribution is -2.24. The van der Waals surface area contributed by atoms with Crippen LogP contribution >= 0.6 is 0 Å². The average molecular weight is 254 g/mol. The van der Waals surface area contributed by atoms with Crippen molar-refractivity contribution in [3.05, 3.63) is 11.3 Å². The summed E-state index contributed by atoms with van der Waals surface area (Å²) in [4.78, 5) is 23.7. The van der Waals surface area contributed by atoms with Crippen molar-refractivity contribution in [1.82, 2.24) is 0 Å². The number of aliphatic hydroxyl groups excluding tert-OH is 1. The molecule has 100 valence electrons. The van der Waals surface area contributed by atoms with Crippen LogP contribution in [0.3, 0.4) is 0 Å². The molecule has 18 heavy (non-hydrogen) atoms. The van der Waals surface area contributed by atoms with Crippen molar-refractivity contribution in [1.29, 1.82) is 0 Å². The van der Waals surface area contributed by atoms with E-state index in [9.17, 15) is 14.7 Å². The van der Waals surface area contributed by atoms with Gasteiger partial charge in [-0.15, -0.1) is 0 Å². The summed E-state index contributed by atoms with van der Waals surface area (Å²) >= 11 is 0. The van der Waals surface area contributed by atoms with Crippen LogP contribution in [-0.4, -0.2) is 35.7 Å². The van der Waals surface area contributed by atoms with E-state index in [1.54, 1.807) is 0 Å². The minimum atomic E-state index is -0.723. The number of ether oxygens (including phenoxy) is 2. The fourth-order valence-corrected chi connectivity index (χ4v) is 2.27. The van der Waals surface area contributed by atoms with Gasteiger partial charge >= 0.3 is 5.97 Å². The molecular weight excluding hydrogens is 236 g/mol. The third-order valence-electron chi connectivity index (χ3n) is 3.17. The highest BCUT2D eigenvalue weighted by molar-refractivity contribution is 6.20. The van der Waals surface area contributed by atoms with E-state index in [1.807, 2.05) is 13.8 Å². The number of hydrogen-bond acceptors (Lipinski definition) is 5. The standard InChI is InChI=1S/C13H18O5/c1-7(2)6-9-12(15)10(13(16)18-9)11(14)8-4-3-5-17-8/h7-9,15H,3-6H2,1-2H3. The maximum absolute atomic E-state index is 12.1. The van der Waals surface area contributed by atoms with E-state index in [0.717, 1.165) is 6.42 Å². The smallest absolute Gasteiger partial charge is 0.346 e. The second kappa shape index (κ2) is 5.10. The highest BCUT2D eigenvalue weighted by Crippen LogP contribution is 2.28. The fourth-order valence-electron chi connectivity index (χ4n) is 2.27. The Balaban J connectivity index is 2.16. The van der Waals surface area contributed by atoms with E-state index < -0.39 is 24.0 Å². The van der Waals surface area contributed by atoms with Gasteiger partial charge in [0.15, 0.2) is 11.9 Å². The van der Waals surface area contributed by atoms with Crippen LogP contribution < -0.4 is 0 Å². The number of carbonyl (C=O) groups excluding carboxylic acids is 2. The number of cyclic esters (lactones) is 1. The predicted molar refractivity (Wildman–Crippen MR) is 63.0 cm³/mol. The van der Waals surface area contributed by atoms with Gasteiger partial charge < -0.3 is 14.6 Å². The lowest BCUT2D eigenvalue weighted by atomic mass is 10.00. The van der Waals surface area contributed by atoms with Gasteiger partial charge in [-0.1, -0.05) is 13.8 Å². The van der Waals surface area contributed by atoms with Gasteiger partial charge in [0.05, 0.1) is 0 Å². The molecule has 2 aliphatic heterocycles. The van der Waals surface area contributed by atoms with Crippen LogP contribution in [-0.2, 0) is 19.1 Å². The summed E-state index contributed by atoms with van der Waals surface area (Å²) in [5.41, 5.74) is -0.215. The Kier molecular flexibility index (Phi) is 3.71. The van der Waals surface area contributed by atoms with Gasteiger partial charge in [0, 0.05) is 6.61 Å². The molecule has 2 heterocycles. The second-order valence-corrected chi connectivity index (χ2v) is 5.15. The molecule has 0 bridgehead atoms. The third kappa shape index (κ3) is 2.41. The molecule has 5 nitrogen and oxygen atoms in total. The summed E-state index contributed by atoms with van der Waals surface area (Å²) in [6.45, 7) is 4.44. The van der Waals surface area contributed by atoms with Crippen molar-refractivity contribution >= 4 is 11.8 Å². The molecule has 0 saturated carbocycles. The normalized spacial score (nSPS) is 28.1. The molecule has 1 fully saturated rings. The number of Topliss-reactive ketones (excluding diaryl/α,β-unsaturated/α-hetero) is 1. The van der Waals surface area contributed by atoms with Gasteiger partial charge in [-0.25, -0.2) is 4.79 Å². The molecule has 0 amide bonds. The minimum absolute atomic E-state index is 0.215. The summed E-state index contributed by atoms with van der Waals surface area (Å²) in [7, 11) is 0. The molecule has 0 aromatic heterocycles. The molecule has 0 aromatic carbocycles. The van der Waals surface area contributed by atoms with Crippen molar-refractivity contribution < 1.29 is 24.2 Å². The average Bonchev–Trinajstić information content (AvgIpc) is 2.87. The zero-order valence-corrected chi connectivity index (χ0v) is 10.6. The van der Waals surface area contributed by atoms with Gasteiger partial charge in [0.2, 0.25) is 5.78 Å². The molecule has 1 N–H and O–H groups in total. The van der Waals surface area contributed by atoms with Gasteiger partial charge in [-0.3, -0.25) is 4.79 Å². The Morgan fingerprint density at radius 1 is 1.50 bits per heavy atom. The predicted octanol–water partition coefficient (Wildman–Crippen LogP) is 1.52. The van der Waals surface area contributed by atoms with Crippen LogP contribution in [0.2, 0.25) is 0 Å². The summed E-state index contributed by atoms with van der Waals surface area (Å²) in [6, 6.07) is 0. The minimum Gasteiger partial charge on any atom is -0.507 e. The van der Waals surface area contributed by atoms with E-state index in [0.29, 0.717) is 19.4 Å². The Hall–Kier alpha value is -1.36. The molecule has 2 unspecified atom stereocenters. The number of esters is 1. The first kappa shape index (κ1) is 13.1. The maximum Gasteiger partial charge on any atom is 0.346 e. The lowest BCUT2D eigenvalue weighted by molar-refractivity contribution is -0.142. The topological polar surface area (TPSA) is 72.8 Å². The van der Waals surface area contributed by atoms with Crippen molar-refractivity contribution in [3.8, 4) is 0 Å². The number of ketones is 1. The Bertz CT molecular complexity index is 390. The summed E-state index contributed by atoms with van der Waals surface area (Å²) in [5, 5.41) is 9.96. The lowest BCUT2D eigenvalue weighted by Gasteiger charge is -2.11. The maximum atomic E-state index is 12.1. The van der Waals surface area contributed by atoms with Crippen molar-refractivity contribution in [2.75, 3.05) is 6.61 Å². The molecule has 2 rings (SSSR count). The number of carbonyl (C=O) groups is 2. The van der Waals surface area contributed by atoms with Crippen molar-refractivity contribution in [3.63, 3.8) is 0 Å². The molecule has 2 atom stereocenters. The van der Waals surface area contributed by atoms with Crippen LogP contribution in [0.4, 0.5) is 0 Å². The first-order chi connectivity index (χ1) is 8.50. The number of hydrogen-bond donors (Lipinski definition) is 1. The molecule has 0 aliphatic carbocycles. The van der Waals surface area contributed by atoms with Gasteiger partial charge in [0.25, 0.3) is 0 Å². The quantitative estimate of drug-likeness (QED) is 0.608. The molecular formula is C13H18O5. The Labute approximate surface area is 106 Å². The zero-order chi connectivity index (χ0) is 13.3. The van der Waals surface area contributed by atoms with Crippen LogP contribution in [0.15, 0.2) is 11.3 Å². The number of rotatable bonds is 4. The monoisotopic (exact) mass is 254 g/mol. The summed E-state index contributed by atoms with van der Waals surface area (Å²) < 4.78 is 10.3. The Morgan fingerprint density at radius 3 is 2.78 bits per heavy atom. The molecule has 0 aromatic rings. The highest BCUT2D eigenvalue weighted by atomic mass is 16.6. The van der Waals surface area contributed by atoms with Gasteiger partial charge in [0.1, 0.15) is 11.7 Å². The molecule has 1 saturated heterocycles. The van der Waals surface area contributed by atoms with Crippen LogP contribution in [0.5, 0.6) is 0 Å². The largest absolute Gasteiger partial charge is 0.507 e. The summed E-state index contributed by atoms with van der Waals surface area (Å²) in [6.07, 6.45) is 0.623. The van der Waals surface area contributed by atoms with Crippen molar-refractivity contribution in [2.45, 2.75) is 45.3 Å². The Morgan fingerprint density at radius 2 is 2.22 bits per heavy atom. The summed E-state index contributed by atoms with van der Waals surface area (Å²) in [5.74, 6) is -1.13. The van der Waals surface area contributed by atoms with Gasteiger partial charge in [-0.05, 0) is 25.2 Å². The van der Waals surface area contributed by atoms with Crippen LogP contribution in [0.25, 0.3) is 0 Å². The van der Waals surface area contributed by atoms with Gasteiger partial charge in [-0.2, -0.15) is 0 Å². The van der Waals surface area contributed by atoms with E-state index in [1.165, 1.54) is 0 Å². The molecule has 2 aliphatic rings. The number of aliphatic hydroxyl groups is 1. The molecule has 0 radical (unpaired) electrons. The molecule has 0 spiro atoms. The SMILES string of the molecule is CC(C)CC1OC(=O)C(C(=O)C2CCCO2)=C1O. The molecule has 5 heteroatoms. The van der Waals surface area contributed by atoms with Crippen LogP contribution in [0, 0.1) is 5.92 Å². The van der Waals surface area contributed by atoms with Crippen LogP contribution in [0.1, 0.15) is 33.1 Å². The third-order valence-corrected chi connectivity index (χ3v) is 3.17.